The van der Waals surface area contributed by atoms with Crippen molar-refractivity contribution in [3.8, 4) is 0 Å². The standard InChI is InChI=1S/C18H17ClFNO3S/c1-21(10-13-4-2-3-5-16(13)20)17(22)11-24-18(23)12-25-15-8-6-14(19)7-9-15/h2-9H,10-12H2,1H3. The number of amides is 1. The molecule has 0 aliphatic rings. The minimum absolute atomic E-state index is 0.0892. The SMILES string of the molecule is CN(Cc1ccccc1F)C(=O)COC(=O)CSc1ccc(Cl)cc1. The molecule has 1 amide bonds. The maximum absolute atomic E-state index is 13.6. The first-order valence-corrected chi connectivity index (χ1v) is 8.83. The number of esters is 1. The van der Waals surface area contributed by atoms with Crippen LogP contribution >= 0.6 is 23.4 Å². The molecule has 0 aliphatic carbocycles. The number of ether oxygens (including phenoxy) is 1. The normalized spacial score (nSPS) is 10.4. The lowest BCUT2D eigenvalue weighted by atomic mass is 10.2. The molecule has 132 valence electrons. The molecule has 0 bridgehead atoms. The molecule has 0 radical (unpaired) electrons. The Balaban J connectivity index is 1.74. The van der Waals surface area contributed by atoms with Gasteiger partial charge in [-0.25, -0.2) is 4.39 Å². The number of hydrogen-bond acceptors (Lipinski definition) is 4. The number of thioether (sulfide) groups is 1. The topological polar surface area (TPSA) is 46.6 Å². The second kappa shape index (κ2) is 9.44. The highest BCUT2D eigenvalue weighted by atomic mass is 35.5. The van der Waals surface area contributed by atoms with Gasteiger partial charge < -0.3 is 9.64 Å². The Morgan fingerprint density at radius 1 is 1.16 bits per heavy atom. The number of hydrogen-bond donors (Lipinski definition) is 0. The predicted octanol–water partition coefficient (Wildman–Crippen LogP) is 3.77. The Morgan fingerprint density at radius 3 is 2.52 bits per heavy atom. The molecule has 4 nitrogen and oxygen atoms in total. The third-order valence-corrected chi connectivity index (χ3v) is 4.56. The summed E-state index contributed by atoms with van der Waals surface area (Å²) in [5.74, 6) is -1.18. The molecular weight excluding hydrogens is 365 g/mol. The highest BCUT2D eigenvalue weighted by Gasteiger charge is 2.14. The molecule has 2 aromatic rings. The van der Waals surface area contributed by atoms with Crippen LogP contribution in [0.4, 0.5) is 4.39 Å². The largest absolute Gasteiger partial charge is 0.455 e. The number of halogens is 2. The monoisotopic (exact) mass is 381 g/mol. The van der Waals surface area contributed by atoms with Crippen LogP contribution in [-0.4, -0.2) is 36.2 Å². The number of likely N-dealkylation sites (N-methyl/N-ethyl adjacent to an activating group) is 1. The van der Waals surface area contributed by atoms with Crippen LogP contribution < -0.4 is 0 Å². The van der Waals surface area contributed by atoms with E-state index in [0.29, 0.717) is 10.6 Å². The summed E-state index contributed by atoms with van der Waals surface area (Å²) in [6.45, 7) is -0.256. The molecule has 2 rings (SSSR count). The fraction of sp³-hybridized carbons (Fsp3) is 0.222. The summed E-state index contributed by atoms with van der Waals surface area (Å²) in [4.78, 5) is 25.9. The summed E-state index contributed by atoms with van der Waals surface area (Å²) in [5, 5.41) is 0.621. The van der Waals surface area contributed by atoms with Gasteiger partial charge in [-0.3, -0.25) is 9.59 Å². The Bertz CT molecular complexity index is 739. The van der Waals surface area contributed by atoms with Gasteiger partial charge in [-0.2, -0.15) is 0 Å². The van der Waals surface area contributed by atoms with E-state index >= 15 is 0 Å². The van der Waals surface area contributed by atoms with E-state index in [9.17, 15) is 14.0 Å². The average molecular weight is 382 g/mol. The Hall–Kier alpha value is -2.05. The highest BCUT2D eigenvalue weighted by molar-refractivity contribution is 8.00. The first kappa shape index (κ1) is 19.3. The lowest BCUT2D eigenvalue weighted by Gasteiger charge is -2.17. The van der Waals surface area contributed by atoms with Crippen molar-refractivity contribution in [2.45, 2.75) is 11.4 Å². The van der Waals surface area contributed by atoms with Crippen molar-refractivity contribution >= 4 is 35.2 Å². The van der Waals surface area contributed by atoms with Crippen LogP contribution in [0.3, 0.4) is 0 Å². The molecule has 0 aliphatic heterocycles. The van der Waals surface area contributed by atoms with Gasteiger partial charge in [0.2, 0.25) is 0 Å². The molecule has 0 fully saturated rings. The van der Waals surface area contributed by atoms with Crippen molar-refractivity contribution in [2.75, 3.05) is 19.4 Å². The van der Waals surface area contributed by atoms with Gasteiger partial charge in [-0.15, -0.1) is 11.8 Å². The van der Waals surface area contributed by atoms with Crippen LogP contribution in [0.25, 0.3) is 0 Å². The summed E-state index contributed by atoms with van der Waals surface area (Å²) in [6, 6.07) is 13.3. The quantitative estimate of drug-likeness (QED) is 0.541. The number of rotatable bonds is 7. The molecule has 0 unspecified atom stereocenters. The van der Waals surface area contributed by atoms with E-state index in [2.05, 4.69) is 0 Å². The summed E-state index contributed by atoms with van der Waals surface area (Å²) < 4.78 is 18.5. The maximum Gasteiger partial charge on any atom is 0.316 e. The zero-order chi connectivity index (χ0) is 18.2. The zero-order valence-electron chi connectivity index (χ0n) is 13.6. The molecule has 7 heteroatoms. The van der Waals surface area contributed by atoms with E-state index in [1.54, 1.807) is 42.5 Å². The van der Waals surface area contributed by atoms with E-state index in [1.807, 2.05) is 0 Å². The number of carbonyl (C=O) groups excluding carboxylic acids is 2. The number of carbonyl (C=O) groups is 2. The Labute approximate surface area is 154 Å². The molecule has 0 N–H and O–H groups in total. The molecule has 0 aromatic heterocycles. The maximum atomic E-state index is 13.6. The fourth-order valence-corrected chi connectivity index (χ4v) is 2.76. The second-order valence-corrected chi connectivity index (χ2v) is 6.73. The first-order valence-electron chi connectivity index (χ1n) is 7.47. The number of benzene rings is 2. The molecular formula is C18H17ClFNO3S. The van der Waals surface area contributed by atoms with Gasteiger partial charge in [0.05, 0.1) is 5.75 Å². The minimum Gasteiger partial charge on any atom is -0.455 e. The van der Waals surface area contributed by atoms with Gasteiger partial charge >= 0.3 is 5.97 Å². The second-order valence-electron chi connectivity index (χ2n) is 5.24. The average Bonchev–Trinajstić information content (AvgIpc) is 2.61. The molecule has 25 heavy (non-hydrogen) atoms. The van der Waals surface area contributed by atoms with E-state index in [4.69, 9.17) is 16.3 Å². The summed E-state index contributed by atoms with van der Waals surface area (Å²) >= 11 is 7.08. The molecule has 0 saturated carbocycles. The van der Waals surface area contributed by atoms with Crippen LogP contribution in [0.1, 0.15) is 5.56 Å². The predicted molar refractivity (Wildman–Crippen MR) is 96.0 cm³/mol. The fourth-order valence-electron chi connectivity index (χ4n) is 1.94. The summed E-state index contributed by atoms with van der Waals surface area (Å²) in [6.07, 6.45) is 0. The lowest BCUT2D eigenvalue weighted by Crippen LogP contribution is -2.31. The van der Waals surface area contributed by atoms with Gasteiger partial charge in [-0.1, -0.05) is 29.8 Å². The third-order valence-electron chi connectivity index (χ3n) is 3.32. The zero-order valence-corrected chi connectivity index (χ0v) is 15.1. The lowest BCUT2D eigenvalue weighted by molar-refractivity contribution is -0.149. The molecule has 0 heterocycles. The van der Waals surface area contributed by atoms with Crippen LogP contribution in [0.15, 0.2) is 53.4 Å². The van der Waals surface area contributed by atoms with Gasteiger partial charge in [0.15, 0.2) is 6.61 Å². The summed E-state index contributed by atoms with van der Waals surface area (Å²) in [5.41, 5.74) is 0.406. The van der Waals surface area contributed by atoms with Crippen molar-refractivity contribution in [3.05, 3.63) is 64.9 Å². The van der Waals surface area contributed by atoms with Crippen molar-refractivity contribution in [3.63, 3.8) is 0 Å². The molecule has 0 saturated heterocycles. The minimum atomic E-state index is -0.493. The Morgan fingerprint density at radius 2 is 1.84 bits per heavy atom. The smallest absolute Gasteiger partial charge is 0.316 e. The van der Waals surface area contributed by atoms with Gasteiger partial charge in [0, 0.05) is 29.1 Å². The van der Waals surface area contributed by atoms with Crippen molar-refractivity contribution in [1.82, 2.24) is 4.90 Å². The van der Waals surface area contributed by atoms with Crippen LogP contribution in [0.2, 0.25) is 5.02 Å². The van der Waals surface area contributed by atoms with Gasteiger partial charge in [0.1, 0.15) is 5.82 Å². The van der Waals surface area contributed by atoms with E-state index in [1.165, 1.54) is 29.8 Å². The van der Waals surface area contributed by atoms with Crippen molar-refractivity contribution in [1.29, 1.82) is 0 Å². The van der Waals surface area contributed by atoms with E-state index < -0.39 is 11.9 Å². The van der Waals surface area contributed by atoms with Gasteiger partial charge in [0.25, 0.3) is 5.91 Å². The van der Waals surface area contributed by atoms with E-state index in [-0.39, 0.29) is 24.7 Å². The Kier molecular flexibility index (Phi) is 7.28. The van der Waals surface area contributed by atoms with E-state index in [0.717, 1.165) is 4.90 Å². The summed E-state index contributed by atoms with van der Waals surface area (Å²) in [7, 11) is 1.53. The van der Waals surface area contributed by atoms with Crippen LogP contribution in [0, 0.1) is 5.82 Å². The van der Waals surface area contributed by atoms with Crippen molar-refractivity contribution in [2.24, 2.45) is 0 Å². The molecule has 0 spiro atoms. The molecule has 2 aromatic carbocycles. The van der Waals surface area contributed by atoms with Crippen LogP contribution in [0.5, 0.6) is 0 Å². The van der Waals surface area contributed by atoms with Crippen LogP contribution in [-0.2, 0) is 20.9 Å². The van der Waals surface area contributed by atoms with Gasteiger partial charge in [-0.05, 0) is 30.3 Å². The van der Waals surface area contributed by atoms with Crippen molar-refractivity contribution < 1.29 is 18.7 Å². The molecule has 0 atom stereocenters. The highest BCUT2D eigenvalue weighted by Crippen LogP contribution is 2.20. The third kappa shape index (κ3) is 6.40. The first-order chi connectivity index (χ1) is 12.0. The number of nitrogens with zero attached hydrogens (tertiary/aromatic N) is 1.